The molecule has 0 fully saturated rings. The van der Waals surface area contributed by atoms with Gasteiger partial charge in [0.05, 0.1) is 16.7 Å². The third-order valence-corrected chi connectivity index (χ3v) is 30.6. The molecular weight excluding hydrogens is 1650 g/mol. The molecule has 0 saturated heterocycles. The molecule has 29 rings (SSSR count). The minimum atomic E-state index is -0.0257. The van der Waals surface area contributed by atoms with Crippen molar-refractivity contribution >= 4 is 64.9 Å². The lowest BCUT2D eigenvalue weighted by Crippen LogP contribution is -2.14. The van der Waals surface area contributed by atoms with Crippen LogP contribution in [0.25, 0.3) is 260 Å². The van der Waals surface area contributed by atoms with Crippen LogP contribution in [0.4, 0.5) is 0 Å². The summed E-state index contributed by atoms with van der Waals surface area (Å²) in [5, 5.41) is 13.1. The molecular formula is C136H91N. The number of fused-ring (bicyclic) bond motifs is 19. The lowest BCUT2D eigenvalue weighted by molar-refractivity contribution is 0.660. The van der Waals surface area contributed by atoms with E-state index in [0.717, 1.165) is 0 Å². The van der Waals surface area contributed by atoms with Gasteiger partial charge in [-0.2, -0.15) is 0 Å². The van der Waals surface area contributed by atoms with E-state index in [1.165, 1.54) is 282 Å². The fraction of sp³-hybridized carbons (Fsp3) is 0.0441. The summed E-state index contributed by atoms with van der Waals surface area (Å²) in [4.78, 5) is 0. The summed E-state index contributed by atoms with van der Waals surface area (Å²) in [6, 6.07) is 177. The lowest BCUT2D eigenvalue weighted by atomic mass is 9.81. The maximum Gasteiger partial charge on any atom is 0.0541 e. The second-order valence-corrected chi connectivity index (χ2v) is 38.7. The average Bonchev–Trinajstić information content (AvgIpc) is 1.57. The van der Waals surface area contributed by atoms with Gasteiger partial charge < -0.3 is 4.57 Å². The predicted molar refractivity (Wildman–Crippen MR) is 581 cm³/mol. The summed E-state index contributed by atoms with van der Waals surface area (Å²) in [6.45, 7) is 9.43. The minimum absolute atomic E-state index is 0.0224. The highest BCUT2D eigenvalue weighted by Gasteiger charge is 2.38. The summed E-state index contributed by atoms with van der Waals surface area (Å²) in [7, 11) is 0. The Bertz CT molecular complexity index is 9090. The first kappa shape index (κ1) is 79.6. The Morgan fingerprint density at radius 1 is 0.139 bits per heavy atom. The Hall–Kier alpha value is -17.1. The first-order valence-electron chi connectivity index (χ1n) is 48.1. The van der Waals surface area contributed by atoms with E-state index in [-0.39, 0.29) is 10.8 Å². The fourth-order valence-electron chi connectivity index (χ4n) is 24.1. The van der Waals surface area contributed by atoms with Crippen molar-refractivity contribution in [1.82, 2.24) is 4.57 Å². The Balaban J connectivity index is 0.000000107. The van der Waals surface area contributed by atoms with Crippen LogP contribution in [-0.4, -0.2) is 4.57 Å². The lowest BCUT2D eigenvalue weighted by Gasteiger charge is -2.22. The van der Waals surface area contributed by atoms with Gasteiger partial charge in [-0.1, -0.05) is 434 Å². The molecule has 5 aliphatic carbocycles. The van der Waals surface area contributed by atoms with E-state index in [1.54, 1.807) is 0 Å². The molecule has 137 heavy (non-hydrogen) atoms. The van der Waals surface area contributed by atoms with Crippen molar-refractivity contribution in [3.63, 3.8) is 0 Å². The van der Waals surface area contributed by atoms with E-state index in [2.05, 4.69) is 512 Å². The zero-order chi connectivity index (χ0) is 90.9. The van der Waals surface area contributed by atoms with E-state index in [0.29, 0.717) is 0 Å². The number of nitrogens with zero attached hydrogens (tertiary/aromatic N) is 1. The first-order chi connectivity index (χ1) is 67.5. The number of hydrogen-bond acceptors (Lipinski definition) is 0. The topological polar surface area (TPSA) is 4.93 Å². The van der Waals surface area contributed by atoms with Crippen LogP contribution in [-0.2, 0) is 10.8 Å². The number of para-hydroxylation sites is 3. The van der Waals surface area contributed by atoms with Crippen LogP contribution in [0.1, 0.15) is 49.9 Å². The molecule has 1 aromatic heterocycles. The van der Waals surface area contributed by atoms with Crippen LogP contribution < -0.4 is 0 Å². The summed E-state index contributed by atoms with van der Waals surface area (Å²) >= 11 is 0. The molecule has 23 aromatic carbocycles. The molecule has 0 spiro atoms. The van der Waals surface area contributed by atoms with Crippen LogP contribution in [0.15, 0.2) is 479 Å². The Kier molecular flexibility index (Phi) is 18.2. The van der Waals surface area contributed by atoms with E-state index in [1.807, 2.05) is 0 Å². The van der Waals surface area contributed by atoms with Crippen LogP contribution in [0.3, 0.4) is 0 Å². The smallest absolute Gasteiger partial charge is 0.0541 e. The van der Waals surface area contributed by atoms with E-state index < -0.39 is 0 Å². The molecule has 5 aliphatic rings. The van der Waals surface area contributed by atoms with E-state index in [4.69, 9.17) is 0 Å². The van der Waals surface area contributed by atoms with Crippen LogP contribution in [0.2, 0.25) is 0 Å². The maximum atomic E-state index is 2.43. The van der Waals surface area contributed by atoms with Gasteiger partial charge >= 0.3 is 0 Å². The number of rotatable bonds is 10. The third-order valence-electron chi connectivity index (χ3n) is 30.6. The predicted octanol–water partition coefficient (Wildman–Crippen LogP) is 37.3. The van der Waals surface area contributed by atoms with Crippen molar-refractivity contribution in [3.05, 3.63) is 501 Å². The zero-order valence-corrected chi connectivity index (χ0v) is 76.6. The molecule has 1 heterocycles. The second-order valence-electron chi connectivity index (χ2n) is 38.7. The third kappa shape index (κ3) is 12.6. The number of hydrogen-bond donors (Lipinski definition) is 0. The molecule has 0 N–H and O–H groups in total. The van der Waals surface area contributed by atoms with Crippen molar-refractivity contribution in [2.45, 2.75) is 38.5 Å². The van der Waals surface area contributed by atoms with E-state index in [9.17, 15) is 0 Å². The Morgan fingerprint density at radius 3 is 0.949 bits per heavy atom. The largest absolute Gasteiger partial charge is 0.309 e. The van der Waals surface area contributed by atoms with Crippen LogP contribution in [0, 0.1) is 0 Å². The highest BCUT2D eigenvalue weighted by molar-refractivity contribution is 6.23. The van der Waals surface area contributed by atoms with E-state index >= 15 is 0 Å². The fourth-order valence-corrected chi connectivity index (χ4v) is 24.1. The minimum Gasteiger partial charge on any atom is -0.309 e. The molecule has 24 aromatic rings. The van der Waals surface area contributed by atoms with Gasteiger partial charge in [0.1, 0.15) is 0 Å². The number of benzene rings is 23. The molecule has 0 bridgehead atoms. The van der Waals surface area contributed by atoms with Crippen molar-refractivity contribution < 1.29 is 0 Å². The zero-order valence-electron chi connectivity index (χ0n) is 76.6. The highest BCUT2D eigenvalue weighted by atomic mass is 15.0. The first-order valence-corrected chi connectivity index (χ1v) is 48.1. The van der Waals surface area contributed by atoms with Crippen molar-refractivity contribution in [3.8, 4) is 195 Å². The Morgan fingerprint density at radius 2 is 0.431 bits per heavy atom. The summed E-state index contributed by atoms with van der Waals surface area (Å²) in [5.74, 6) is 0. The molecule has 0 saturated carbocycles. The van der Waals surface area contributed by atoms with Gasteiger partial charge in [0.2, 0.25) is 0 Å². The molecule has 1 nitrogen and oxygen atoms in total. The van der Waals surface area contributed by atoms with Crippen molar-refractivity contribution in [2.24, 2.45) is 0 Å². The molecule has 0 radical (unpaired) electrons. The molecule has 0 atom stereocenters. The van der Waals surface area contributed by atoms with Gasteiger partial charge in [-0.25, -0.2) is 0 Å². The van der Waals surface area contributed by atoms with Gasteiger partial charge in [-0.3, -0.25) is 0 Å². The van der Waals surface area contributed by atoms with Gasteiger partial charge in [0.25, 0.3) is 0 Å². The monoisotopic (exact) mass is 1740 g/mol. The molecule has 640 valence electrons. The number of aromatic nitrogens is 1. The highest BCUT2D eigenvalue weighted by Crippen LogP contribution is 2.57. The average molecular weight is 1740 g/mol. The second kappa shape index (κ2) is 31.3. The van der Waals surface area contributed by atoms with Crippen molar-refractivity contribution in [2.75, 3.05) is 0 Å². The van der Waals surface area contributed by atoms with Gasteiger partial charge in [-0.05, 0) is 322 Å². The molecule has 0 aliphatic heterocycles. The summed E-state index contributed by atoms with van der Waals surface area (Å²) in [6.07, 6.45) is 0. The van der Waals surface area contributed by atoms with Crippen LogP contribution >= 0.6 is 0 Å². The van der Waals surface area contributed by atoms with Crippen molar-refractivity contribution in [1.29, 1.82) is 0 Å². The van der Waals surface area contributed by atoms with Crippen LogP contribution in [0.5, 0.6) is 0 Å². The molecule has 0 amide bonds. The van der Waals surface area contributed by atoms with Gasteiger partial charge in [-0.15, -0.1) is 0 Å². The van der Waals surface area contributed by atoms with Gasteiger partial charge in [0.15, 0.2) is 0 Å². The molecule has 1 heteroatoms. The summed E-state index contributed by atoms with van der Waals surface area (Å²) < 4.78 is 2.43. The summed E-state index contributed by atoms with van der Waals surface area (Å²) in [5.41, 5.74) is 53.1. The SMILES string of the molecule is CC1(C)c2ccccc2-c2ccc(-c3cccc(-c4ccc5c(c4)-c4ccc(-c6cccc(-c7ccc8c(c7)C(C)(C)c7ccccc7-8)c6)c6cccc-5c46)c3)cc21.c1ccc(-c2cccc(-c3cc(-c4ccccc4)c4ccc(-c5ccc6c7c(cccc57)-c5ccccc5-6)cc4c3)c2)cc1.c1ccc2c(c1)-c1cccc3c(-c4ccccc4-n4c5ccccc5c5ccccc54)ccc-2c13. The standard InChI is InChI=1S/C58H42.C44H28.C34H21N/c1-57(2)52-20-7-5-16-44(52)46-26-23-39(33-54(46)57)36-13-9-12-35(30-36)38-22-25-43-49-19-11-18-48-42(28-29-50(56(48)49)51(43)32-38)41-15-10-14-37(31-41)40-24-27-47-45-17-6-8-21-53(45)58(3,4)55(47)34-40;1-3-11-29(12-4-1)31-15-9-16-32(25-31)34-27-35-26-33(21-22-37(35)43(28-34)30-13-5-2-6-14-30)36-23-24-42-39-18-8-7-17-38(39)41-20-10-19-40(36)44(41)42;1-2-11-23-22(10-1)28-15-9-16-29-24(20-21-30(23)34(28)29)25-12-3-6-17-31(25)35-32-18-7-4-13-26(32)27-14-5-8-19-33(27)35/h5-34H,1-4H3;1-28H;1-21H. The van der Waals surface area contributed by atoms with Gasteiger partial charge in [0, 0.05) is 27.2 Å². The quantitative estimate of drug-likeness (QED) is 0.129. The maximum absolute atomic E-state index is 2.43. The normalized spacial score (nSPS) is 12.9. The molecule has 0 unspecified atom stereocenters. The Labute approximate surface area is 798 Å².